The maximum absolute atomic E-state index is 12.2. The summed E-state index contributed by atoms with van der Waals surface area (Å²) in [6.07, 6.45) is -3.41. The summed E-state index contributed by atoms with van der Waals surface area (Å²) in [7, 11) is 1.66. The van der Waals surface area contributed by atoms with Crippen molar-refractivity contribution >= 4 is 12.1 Å². The number of ether oxygens (including phenoxy) is 2. The zero-order chi connectivity index (χ0) is 26.3. The highest BCUT2D eigenvalue weighted by Crippen LogP contribution is 2.30. The number of pyridine rings is 1. The van der Waals surface area contributed by atoms with Crippen molar-refractivity contribution in [1.82, 2.24) is 25.3 Å². The molecule has 1 saturated carbocycles. The number of rotatable bonds is 10. The van der Waals surface area contributed by atoms with Crippen molar-refractivity contribution in [3.05, 3.63) is 23.5 Å². The molecule has 3 rings (SSSR count). The molecule has 0 saturated heterocycles. The van der Waals surface area contributed by atoms with Crippen molar-refractivity contribution in [2.45, 2.75) is 70.7 Å². The smallest absolute Gasteiger partial charge is 0.407 e. The number of unbranched alkanes of at least 4 members (excludes halogenated alkanes) is 1. The second-order valence-electron chi connectivity index (χ2n) is 8.79. The van der Waals surface area contributed by atoms with Crippen LogP contribution in [-0.4, -0.2) is 56.0 Å². The lowest BCUT2D eigenvalue weighted by molar-refractivity contribution is -0.144. The zero-order valence-corrected chi connectivity index (χ0v) is 20.2. The number of carboxylic acid groups (broad SMARTS) is 1. The molecule has 0 aliphatic heterocycles. The largest absolute Gasteiger partial charge is 0.489 e. The third-order valence-electron chi connectivity index (χ3n) is 5.98. The van der Waals surface area contributed by atoms with Crippen molar-refractivity contribution in [3.63, 3.8) is 0 Å². The van der Waals surface area contributed by atoms with E-state index < -0.39 is 30.6 Å². The highest BCUT2D eigenvalue weighted by Gasteiger charge is 2.29. The summed E-state index contributed by atoms with van der Waals surface area (Å²) < 4.78 is 48.9. The van der Waals surface area contributed by atoms with Crippen molar-refractivity contribution in [1.29, 1.82) is 0 Å². The summed E-state index contributed by atoms with van der Waals surface area (Å²) in [5.74, 6) is -0.646. The van der Waals surface area contributed by atoms with Gasteiger partial charge in [0.25, 0.3) is 0 Å². The minimum Gasteiger partial charge on any atom is -0.489 e. The number of alkyl halides is 3. The average Bonchev–Trinajstić information content (AvgIpc) is 3.18. The van der Waals surface area contributed by atoms with Crippen LogP contribution in [-0.2, 0) is 23.1 Å². The topological polar surface area (TPSA) is 128 Å². The number of carboxylic acids is 1. The molecule has 0 spiro atoms. The summed E-state index contributed by atoms with van der Waals surface area (Å²) >= 11 is 0. The molecule has 198 valence electrons. The fourth-order valence-corrected chi connectivity index (χ4v) is 4.03. The molecule has 36 heavy (non-hydrogen) atoms. The summed E-state index contributed by atoms with van der Waals surface area (Å²) in [5, 5.41) is 20.0. The van der Waals surface area contributed by atoms with E-state index >= 15 is 0 Å². The molecule has 0 unspecified atom stereocenters. The van der Waals surface area contributed by atoms with Gasteiger partial charge in [0.2, 0.25) is 0 Å². The molecule has 0 radical (unpaired) electrons. The Kier molecular flexibility index (Phi) is 9.10. The standard InChI is InChI=1S/C23H30F3N5O5/c1-14-19(36-16-7-5-6-15(12-16)21(32)33)9-8-17(28-14)20-18(31(2)30-29-20)13-27-22(34)35-11-4-3-10-23(24,25)26/h8-9,15-16H,3-7,10-13H2,1-2H3,(H,27,34)(H,32,33)/t15-,16-/m0/s1. The number of nitrogens with zero attached hydrogens (tertiary/aromatic N) is 4. The summed E-state index contributed by atoms with van der Waals surface area (Å²) in [5.41, 5.74) is 2.12. The van der Waals surface area contributed by atoms with Gasteiger partial charge >= 0.3 is 18.2 Å². The Bertz CT molecular complexity index is 1060. The molecule has 2 heterocycles. The first kappa shape index (κ1) is 27.2. The van der Waals surface area contributed by atoms with Crippen LogP contribution in [0.3, 0.4) is 0 Å². The fourth-order valence-electron chi connectivity index (χ4n) is 4.03. The summed E-state index contributed by atoms with van der Waals surface area (Å²) in [6.45, 7) is 1.69. The number of amides is 1. The Labute approximate surface area is 206 Å². The van der Waals surface area contributed by atoms with E-state index in [-0.39, 0.29) is 32.1 Å². The highest BCUT2D eigenvalue weighted by atomic mass is 19.4. The molecular weight excluding hydrogens is 483 g/mol. The summed E-state index contributed by atoms with van der Waals surface area (Å²) in [6, 6.07) is 3.47. The number of hydrogen-bond acceptors (Lipinski definition) is 7. The minimum absolute atomic E-state index is 0.0256. The molecule has 2 aromatic rings. The molecule has 1 aliphatic carbocycles. The SMILES string of the molecule is Cc1nc(-c2nnn(C)c2CNC(=O)OCCCCC(F)(F)F)ccc1O[C@H]1CCC[C@H](C(=O)O)C1. The highest BCUT2D eigenvalue weighted by molar-refractivity contribution is 5.70. The molecule has 2 N–H and O–H groups in total. The second-order valence-corrected chi connectivity index (χ2v) is 8.79. The Morgan fingerprint density at radius 1 is 1.25 bits per heavy atom. The first-order valence-corrected chi connectivity index (χ1v) is 11.8. The third kappa shape index (κ3) is 7.82. The monoisotopic (exact) mass is 513 g/mol. The Balaban J connectivity index is 1.56. The van der Waals surface area contributed by atoms with Gasteiger partial charge in [-0.05, 0) is 57.6 Å². The van der Waals surface area contributed by atoms with Crippen molar-refractivity contribution in [2.75, 3.05) is 6.61 Å². The number of carbonyl (C=O) groups is 2. The maximum Gasteiger partial charge on any atom is 0.407 e. The van der Waals surface area contributed by atoms with E-state index in [2.05, 4.69) is 20.6 Å². The predicted molar refractivity (Wildman–Crippen MR) is 121 cm³/mol. The van der Waals surface area contributed by atoms with Crippen molar-refractivity contribution in [2.24, 2.45) is 13.0 Å². The minimum atomic E-state index is -4.22. The van der Waals surface area contributed by atoms with Crippen LogP contribution in [0.25, 0.3) is 11.4 Å². The number of nitrogens with one attached hydrogen (secondary N) is 1. The van der Waals surface area contributed by atoms with Crippen LogP contribution in [0.4, 0.5) is 18.0 Å². The van der Waals surface area contributed by atoms with E-state index in [0.29, 0.717) is 41.4 Å². The number of aryl methyl sites for hydroxylation is 2. The molecule has 1 amide bonds. The van der Waals surface area contributed by atoms with Crippen molar-refractivity contribution < 1.29 is 37.3 Å². The quantitative estimate of drug-likeness (QED) is 0.453. The fraction of sp³-hybridized carbons (Fsp3) is 0.609. The molecule has 2 atom stereocenters. The Morgan fingerprint density at radius 2 is 2.03 bits per heavy atom. The molecule has 0 bridgehead atoms. The molecule has 10 nitrogen and oxygen atoms in total. The van der Waals surface area contributed by atoms with Crippen LogP contribution in [0.5, 0.6) is 5.75 Å². The predicted octanol–water partition coefficient (Wildman–Crippen LogP) is 4.17. The number of hydrogen-bond donors (Lipinski definition) is 2. The molecular formula is C23H30F3N5O5. The number of alkyl carbamates (subject to hydrolysis) is 1. The van der Waals surface area contributed by atoms with Crippen LogP contribution in [0.1, 0.15) is 56.3 Å². The van der Waals surface area contributed by atoms with E-state index in [1.165, 1.54) is 4.68 Å². The normalized spacial score (nSPS) is 18.0. The Hall–Kier alpha value is -3.38. The Morgan fingerprint density at radius 3 is 2.72 bits per heavy atom. The van der Waals surface area contributed by atoms with Gasteiger partial charge in [0.05, 0.1) is 42.3 Å². The molecule has 0 aromatic carbocycles. The van der Waals surface area contributed by atoms with Crippen LogP contribution >= 0.6 is 0 Å². The molecule has 13 heteroatoms. The van der Waals surface area contributed by atoms with Gasteiger partial charge in [-0.3, -0.25) is 4.79 Å². The van der Waals surface area contributed by atoms with Gasteiger partial charge in [0.1, 0.15) is 11.4 Å². The van der Waals surface area contributed by atoms with Crippen LogP contribution < -0.4 is 10.1 Å². The van der Waals surface area contributed by atoms with Crippen LogP contribution in [0, 0.1) is 12.8 Å². The summed E-state index contributed by atoms with van der Waals surface area (Å²) in [4.78, 5) is 27.8. The number of halogens is 3. The van der Waals surface area contributed by atoms with E-state index in [4.69, 9.17) is 9.47 Å². The van der Waals surface area contributed by atoms with Gasteiger partial charge in [0, 0.05) is 13.5 Å². The molecule has 1 aliphatic rings. The van der Waals surface area contributed by atoms with Gasteiger partial charge in [-0.25, -0.2) is 14.5 Å². The van der Waals surface area contributed by atoms with Gasteiger partial charge in [-0.2, -0.15) is 13.2 Å². The first-order valence-electron chi connectivity index (χ1n) is 11.8. The first-order chi connectivity index (χ1) is 17.0. The van der Waals surface area contributed by atoms with Crippen LogP contribution in [0.15, 0.2) is 12.1 Å². The lowest BCUT2D eigenvalue weighted by Gasteiger charge is -2.27. The maximum atomic E-state index is 12.2. The van der Waals surface area contributed by atoms with E-state index in [1.54, 1.807) is 26.1 Å². The van der Waals surface area contributed by atoms with Gasteiger partial charge in [-0.15, -0.1) is 5.10 Å². The van der Waals surface area contributed by atoms with E-state index in [9.17, 15) is 27.9 Å². The number of aliphatic carboxylic acids is 1. The average molecular weight is 514 g/mol. The lowest BCUT2D eigenvalue weighted by Crippen LogP contribution is -2.29. The van der Waals surface area contributed by atoms with E-state index in [0.717, 1.165) is 12.8 Å². The molecule has 2 aromatic heterocycles. The van der Waals surface area contributed by atoms with Gasteiger partial charge < -0.3 is 19.9 Å². The zero-order valence-electron chi connectivity index (χ0n) is 20.2. The van der Waals surface area contributed by atoms with E-state index in [1.807, 2.05) is 0 Å². The van der Waals surface area contributed by atoms with Gasteiger partial charge in [-0.1, -0.05) is 5.21 Å². The third-order valence-corrected chi connectivity index (χ3v) is 5.98. The number of carbonyl (C=O) groups excluding carboxylic acids is 1. The second kappa shape index (κ2) is 12.0. The number of aromatic nitrogens is 4. The van der Waals surface area contributed by atoms with Crippen LogP contribution in [0.2, 0.25) is 0 Å². The van der Waals surface area contributed by atoms with Gasteiger partial charge in [0.15, 0.2) is 0 Å². The molecule has 1 fully saturated rings. The van der Waals surface area contributed by atoms with Crippen molar-refractivity contribution in [3.8, 4) is 17.1 Å². The lowest BCUT2D eigenvalue weighted by atomic mass is 9.87.